The number of aryl methyl sites for hydroxylation is 1. The molecule has 2 rings (SSSR count). The van der Waals surface area contributed by atoms with Gasteiger partial charge in [-0.1, -0.05) is 6.07 Å². The number of furan rings is 1. The summed E-state index contributed by atoms with van der Waals surface area (Å²) in [4.78, 5) is 3.67. The predicted molar refractivity (Wildman–Crippen MR) is 89.5 cm³/mol. The van der Waals surface area contributed by atoms with E-state index in [1.807, 2.05) is 0 Å². The molecule has 116 valence electrons. The lowest BCUT2D eigenvalue weighted by atomic mass is 10.1. The van der Waals surface area contributed by atoms with Crippen molar-refractivity contribution in [2.24, 2.45) is 0 Å². The van der Waals surface area contributed by atoms with Crippen molar-refractivity contribution in [2.75, 3.05) is 7.05 Å². The highest BCUT2D eigenvalue weighted by atomic mass is 32.1. The van der Waals surface area contributed by atoms with Gasteiger partial charge in [-0.05, 0) is 57.8 Å². The topological polar surface area (TPSA) is 28.4 Å². The fraction of sp³-hybridized carbons (Fsp3) is 0.529. The summed E-state index contributed by atoms with van der Waals surface area (Å²) in [5.41, 5.74) is 1.33. The first-order valence-electron chi connectivity index (χ1n) is 7.37. The van der Waals surface area contributed by atoms with Gasteiger partial charge in [0.15, 0.2) is 0 Å². The van der Waals surface area contributed by atoms with E-state index in [1.54, 1.807) is 11.3 Å². The molecule has 0 atom stereocenters. The third-order valence-corrected chi connectivity index (χ3v) is 4.14. The number of rotatable bonds is 6. The second-order valence-electron chi connectivity index (χ2n) is 6.67. The molecule has 3 nitrogen and oxygen atoms in total. The zero-order valence-electron chi connectivity index (χ0n) is 13.7. The molecule has 21 heavy (non-hydrogen) atoms. The molecule has 2 heterocycles. The smallest absolute Gasteiger partial charge is 0.120 e. The van der Waals surface area contributed by atoms with Crippen LogP contribution in [0.25, 0.3) is 0 Å². The SMILES string of the molecule is Cc1cc(CN(C)Cc2cccs2)oc1CNC(C)(C)C. The third-order valence-electron chi connectivity index (χ3n) is 3.28. The van der Waals surface area contributed by atoms with E-state index in [9.17, 15) is 0 Å². The molecule has 0 radical (unpaired) electrons. The van der Waals surface area contributed by atoms with E-state index < -0.39 is 0 Å². The maximum Gasteiger partial charge on any atom is 0.120 e. The Balaban J connectivity index is 1.92. The molecule has 0 bridgehead atoms. The van der Waals surface area contributed by atoms with Gasteiger partial charge in [0, 0.05) is 17.0 Å². The minimum atomic E-state index is 0.107. The molecule has 0 spiro atoms. The van der Waals surface area contributed by atoms with Crippen LogP contribution in [0, 0.1) is 6.92 Å². The summed E-state index contributed by atoms with van der Waals surface area (Å²) in [6, 6.07) is 6.43. The first-order chi connectivity index (χ1) is 9.83. The Morgan fingerprint density at radius 3 is 2.67 bits per heavy atom. The van der Waals surface area contributed by atoms with Crippen LogP contribution in [0.4, 0.5) is 0 Å². The Morgan fingerprint density at radius 2 is 2.05 bits per heavy atom. The summed E-state index contributed by atoms with van der Waals surface area (Å²) in [7, 11) is 2.13. The summed E-state index contributed by atoms with van der Waals surface area (Å²) < 4.78 is 6.00. The molecule has 2 aromatic heterocycles. The molecule has 1 N–H and O–H groups in total. The van der Waals surface area contributed by atoms with Gasteiger partial charge in [-0.15, -0.1) is 11.3 Å². The Kier molecular flexibility index (Phi) is 5.25. The van der Waals surface area contributed by atoms with Crippen molar-refractivity contribution < 1.29 is 4.42 Å². The average Bonchev–Trinajstić information content (AvgIpc) is 2.96. The van der Waals surface area contributed by atoms with E-state index in [2.05, 4.69) is 68.5 Å². The molecule has 0 aliphatic heterocycles. The van der Waals surface area contributed by atoms with Crippen molar-refractivity contribution in [1.82, 2.24) is 10.2 Å². The minimum absolute atomic E-state index is 0.107. The second kappa shape index (κ2) is 6.77. The van der Waals surface area contributed by atoms with Crippen LogP contribution in [0.3, 0.4) is 0 Å². The molecule has 0 fully saturated rings. The van der Waals surface area contributed by atoms with E-state index >= 15 is 0 Å². The number of nitrogens with zero attached hydrogens (tertiary/aromatic N) is 1. The molecular formula is C17H26N2OS. The lowest BCUT2D eigenvalue weighted by Gasteiger charge is -2.19. The van der Waals surface area contributed by atoms with E-state index in [0.717, 1.165) is 31.2 Å². The van der Waals surface area contributed by atoms with Crippen molar-refractivity contribution in [3.8, 4) is 0 Å². The van der Waals surface area contributed by atoms with Gasteiger partial charge in [0.1, 0.15) is 11.5 Å². The van der Waals surface area contributed by atoms with Gasteiger partial charge in [0.2, 0.25) is 0 Å². The second-order valence-corrected chi connectivity index (χ2v) is 7.71. The summed E-state index contributed by atoms with van der Waals surface area (Å²) >= 11 is 1.80. The number of hydrogen-bond donors (Lipinski definition) is 1. The highest BCUT2D eigenvalue weighted by Crippen LogP contribution is 2.18. The predicted octanol–water partition coefficient (Wildman–Crippen LogP) is 4.17. The fourth-order valence-electron chi connectivity index (χ4n) is 2.18. The molecule has 0 amide bonds. The standard InChI is InChI=1S/C17H26N2OS/c1-13-9-14(20-16(13)10-18-17(2,3)4)11-19(5)12-15-7-6-8-21-15/h6-9,18H,10-12H2,1-5H3. The van der Waals surface area contributed by atoms with E-state index in [0.29, 0.717) is 0 Å². The normalized spacial score (nSPS) is 12.3. The van der Waals surface area contributed by atoms with Crippen LogP contribution in [0.15, 0.2) is 28.0 Å². The van der Waals surface area contributed by atoms with Gasteiger partial charge in [-0.2, -0.15) is 0 Å². The van der Waals surface area contributed by atoms with Crippen molar-refractivity contribution >= 4 is 11.3 Å². The quantitative estimate of drug-likeness (QED) is 0.868. The van der Waals surface area contributed by atoms with Crippen molar-refractivity contribution in [2.45, 2.75) is 52.9 Å². The van der Waals surface area contributed by atoms with Crippen LogP contribution >= 0.6 is 11.3 Å². The van der Waals surface area contributed by atoms with E-state index in [4.69, 9.17) is 4.42 Å². The van der Waals surface area contributed by atoms with E-state index in [-0.39, 0.29) is 5.54 Å². The van der Waals surface area contributed by atoms with Gasteiger partial charge < -0.3 is 9.73 Å². The lowest BCUT2D eigenvalue weighted by molar-refractivity contribution is 0.282. The first-order valence-corrected chi connectivity index (χ1v) is 8.25. The first kappa shape index (κ1) is 16.3. The Bertz CT molecular complexity index is 552. The summed E-state index contributed by atoms with van der Waals surface area (Å²) in [5.74, 6) is 2.08. The molecule has 0 aromatic carbocycles. The minimum Gasteiger partial charge on any atom is -0.463 e. The lowest BCUT2D eigenvalue weighted by Crippen LogP contribution is -2.35. The Labute approximate surface area is 132 Å². The van der Waals surface area contributed by atoms with Crippen molar-refractivity contribution in [1.29, 1.82) is 0 Å². The third kappa shape index (κ3) is 5.30. The highest BCUT2D eigenvalue weighted by Gasteiger charge is 2.14. The number of nitrogens with one attached hydrogen (secondary N) is 1. The molecule has 0 aliphatic carbocycles. The van der Waals surface area contributed by atoms with Crippen LogP contribution in [0.1, 0.15) is 42.7 Å². The van der Waals surface area contributed by atoms with Crippen LogP contribution in [0.2, 0.25) is 0 Å². The largest absolute Gasteiger partial charge is 0.463 e. The maximum atomic E-state index is 6.00. The Hall–Kier alpha value is -1.10. The zero-order chi connectivity index (χ0) is 15.5. The van der Waals surface area contributed by atoms with Gasteiger partial charge in [0.25, 0.3) is 0 Å². The van der Waals surface area contributed by atoms with Gasteiger partial charge in [0.05, 0.1) is 13.1 Å². The van der Waals surface area contributed by atoms with Crippen LogP contribution in [-0.4, -0.2) is 17.5 Å². The number of hydrogen-bond acceptors (Lipinski definition) is 4. The molecule has 0 saturated carbocycles. The Morgan fingerprint density at radius 1 is 1.29 bits per heavy atom. The maximum absolute atomic E-state index is 6.00. The monoisotopic (exact) mass is 306 g/mol. The van der Waals surface area contributed by atoms with Gasteiger partial charge in [-0.25, -0.2) is 0 Å². The van der Waals surface area contributed by atoms with Crippen molar-refractivity contribution in [3.05, 3.63) is 45.5 Å². The van der Waals surface area contributed by atoms with Crippen molar-refractivity contribution in [3.63, 3.8) is 0 Å². The van der Waals surface area contributed by atoms with Gasteiger partial charge in [-0.3, -0.25) is 4.90 Å². The molecular weight excluding hydrogens is 280 g/mol. The summed E-state index contributed by atoms with van der Waals surface area (Å²) in [5, 5.41) is 5.60. The zero-order valence-corrected chi connectivity index (χ0v) is 14.5. The summed E-state index contributed by atoms with van der Waals surface area (Å²) in [6.07, 6.45) is 0. The van der Waals surface area contributed by atoms with E-state index in [1.165, 1.54) is 10.4 Å². The number of thiophene rings is 1. The molecule has 2 aromatic rings. The van der Waals surface area contributed by atoms with Crippen LogP contribution in [-0.2, 0) is 19.6 Å². The summed E-state index contributed by atoms with van der Waals surface area (Å²) in [6.45, 7) is 11.2. The van der Waals surface area contributed by atoms with Crippen LogP contribution in [0.5, 0.6) is 0 Å². The van der Waals surface area contributed by atoms with Gasteiger partial charge >= 0.3 is 0 Å². The highest BCUT2D eigenvalue weighted by molar-refractivity contribution is 7.09. The van der Waals surface area contributed by atoms with Crippen LogP contribution < -0.4 is 5.32 Å². The molecule has 4 heteroatoms. The molecule has 0 unspecified atom stereocenters. The molecule has 0 aliphatic rings. The fourth-order valence-corrected chi connectivity index (χ4v) is 2.96. The average molecular weight is 306 g/mol. The molecule has 0 saturated heterocycles.